The molecule has 0 aromatic rings. The third-order valence-electron chi connectivity index (χ3n) is 3.00. The van der Waals surface area contributed by atoms with Crippen molar-refractivity contribution >= 4 is 5.78 Å². The smallest absolute Gasteiger partial charge is 0.133 e. The zero-order valence-corrected chi connectivity index (χ0v) is 13.0. The maximum atomic E-state index is 11.2. The first-order valence-corrected chi connectivity index (χ1v) is 7.45. The molecule has 0 unspecified atom stereocenters. The van der Waals surface area contributed by atoms with Gasteiger partial charge in [-0.25, -0.2) is 0 Å². The van der Waals surface area contributed by atoms with Crippen LogP contribution in [0.3, 0.4) is 0 Å². The number of carbonyl (C=O) groups excluding carboxylic acids is 1. The van der Waals surface area contributed by atoms with E-state index in [0.717, 1.165) is 25.9 Å². The molecule has 19 heavy (non-hydrogen) atoms. The molecule has 0 saturated heterocycles. The molecule has 108 valence electrons. The molecule has 0 heterocycles. The summed E-state index contributed by atoms with van der Waals surface area (Å²) in [6.07, 6.45) is 14.3. The molecule has 0 bridgehead atoms. The zero-order valence-electron chi connectivity index (χ0n) is 13.0. The lowest BCUT2D eigenvalue weighted by Gasteiger charge is -2.16. The fourth-order valence-electron chi connectivity index (χ4n) is 1.71. The van der Waals surface area contributed by atoms with Gasteiger partial charge in [0.2, 0.25) is 0 Å². The van der Waals surface area contributed by atoms with E-state index >= 15 is 0 Å². The largest absolute Gasteiger partial charge is 0.306 e. The van der Waals surface area contributed by atoms with Crippen LogP contribution in [-0.2, 0) is 4.79 Å². The van der Waals surface area contributed by atoms with Gasteiger partial charge in [0.25, 0.3) is 0 Å². The first kappa shape index (κ1) is 17.8. The van der Waals surface area contributed by atoms with Gasteiger partial charge in [-0.05, 0) is 25.5 Å². The molecule has 0 N–H and O–H groups in total. The van der Waals surface area contributed by atoms with Gasteiger partial charge < -0.3 is 4.90 Å². The Kier molecular flexibility index (Phi) is 11.2. The predicted octanol–water partition coefficient (Wildman–Crippen LogP) is 4.15. The molecule has 0 aromatic carbocycles. The molecular weight excluding hydrogens is 234 g/mol. The van der Waals surface area contributed by atoms with Crippen molar-refractivity contribution in [2.24, 2.45) is 0 Å². The topological polar surface area (TPSA) is 20.3 Å². The molecule has 0 amide bonds. The van der Waals surface area contributed by atoms with E-state index in [2.05, 4.69) is 42.3 Å². The van der Waals surface area contributed by atoms with Gasteiger partial charge in [0, 0.05) is 25.9 Å². The minimum Gasteiger partial charge on any atom is -0.306 e. The molecule has 0 aliphatic heterocycles. The molecule has 0 saturated carbocycles. The van der Waals surface area contributed by atoms with Crippen molar-refractivity contribution in [3.63, 3.8) is 0 Å². The maximum absolute atomic E-state index is 11.2. The van der Waals surface area contributed by atoms with Crippen LogP contribution in [0.15, 0.2) is 36.0 Å². The number of carbonyl (C=O) groups is 1. The summed E-state index contributed by atoms with van der Waals surface area (Å²) in [5.74, 6) is 0.355. The Labute approximate surface area is 118 Å². The number of allylic oxidation sites excluding steroid dienone is 5. The van der Waals surface area contributed by atoms with Crippen LogP contribution in [0.5, 0.6) is 0 Å². The van der Waals surface area contributed by atoms with Gasteiger partial charge in [-0.15, -0.1) is 0 Å². The fraction of sp³-hybridized carbons (Fsp3) is 0.588. The van der Waals surface area contributed by atoms with Crippen LogP contribution >= 0.6 is 0 Å². The van der Waals surface area contributed by atoms with E-state index < -0.39 is 0 Å². The van der Waals surface area contributed by atoms with E-state index in [1.54, 1.807) is 0 Å². The lowest BCUT2D eigenvalue weighted by atomic mass is 10.1. The summed E-state index contributed by atoms with van der Waals surface area (Å²) in [4.78, 5) is 13.4. The highest BCUT2D eigenvalue weighted by molar-refractivity contribution is 5.78. The number of rotatable bonds is 7. The van der Waals surface area contributed by atoms with Crippen LogP contribution in [0.25, 0.3) is 0 Å². The van der Waals surface area contributed by atoms with Crippen LogP contribution < -0.4 is 0 Å². The van der Waals surface area contributed by atoms with Crippen molar-refractivity contribution in [1.82, 2.24) is 4.90 Å². The second-order valence-electron chi connectivity index (χ2n) is 4.50. The number of nitrogens with zero attached hydrogens (tertiary/aromatic N) is 1. The summed E-state index contributed by atoms with van der Waals surface area (Å²) in [6, 6.07) is 0. The van der Waals surface area contributed by atoms with Crippen molar-refractivity contribution in [3.05, 3.63) is 36.0 Å². The third-order valence-corrected chi connectivity index (χ3v) is 3.00. The van der Waals surface area contributed by atoms with Crippen molar-refractivity contribution in [2.75, 3.05) is 20.1 Å². The average molecular weight is 263 g/mol. The highest BCUT2D eigenvalue weighted by Gasteiger charge is 2.03. The Balaban J connectivity index is 0.00000154. The van der Waals surface area contributed by atoms with E-state index in [0.29, 0.717) is 18.6 Å². The van der Waals surface area contributed by atoms with E-state index in [1.165, 1.54) is 5.57 Å². The SMILES string of the molecule is CC.CCC(=O)CCN(C)CCC1=CC=CCC=C1. The van der Waals surface area contributed by atoms with Crippen molar-refractivity contribution in [1.29, 1.82) is 0 Å². The number of Topliss-reactive ketones (excluding diaryl/α,β-unsaturated/α-hetero) is 1. The van der Waals surface area contributed by atoms with Crippen molar-refractivity contribution in [2.45, 2.75) is 46.5 Å². The average Bonchev–Trinajstić information content (AvgIpc) is 2.73. The summed E-state index contributed by atoms with van der Waals surface area (Å²) >= 11 is 0. The fourth-order valence-corrected chi connectivity index (χ4v) is 1.71. The lowest BCUT2D eigenvalue weighted by molar-refractivity contribution is -0.119. The Morgan fingerprint density at radius 2 is 2.00 bits per heavy atom. The second-order valence-corrected chi connectivity index (χ2v) is 4.50. The lowest BCUT2D eigenvalue weighted by Crippen LogP contribution is -2.23. The van der Waals surface area contributed by atoms with E-state index in [4.69, 9.17) is 0 Å². The number of hydrogen-bond acceptors (Lipinski definition) is 2. The Morgan fingerprint density at radius 3 is 2.68 bits per heavy atom. The summed E-state index contributed by atoms with van der Waals surface area (Å²) in [5, 5.41) is 0. The second kappa shape index (κ2) is 11.9. The molecule has 0 radical (unpaired) electrons. The predicted molar refractivity (Wildman–Crippen MR) is 84.4 cm³/mol. The molecule has 0 fully saturated rings. The van der Waals surface area contributed by atoms with Gasteiger partial charge in [-0.3, -0.25) is 4.79 Å². The highest BCUT2D eigenvalue weighted by atomic mass is 16.1. The molecule has 0 spiro atoms. The van der Waals surface area contributed by atoms with Crippen molar-refractivity contribution < 1.29 is 4.79 Å². The summed E-state index contributed by atoms with van der Waals surface area (Å²) in [7, 11) is 2.08. The molecule has 0 atom stereocenters. The molecule has 0 aromatic heterocycles. The monoisotopic (exact) mass is 263 g/mol. The molecule has 2 heteroatoms. The molecule has 1 aliphatic carbocycles. The van der Waals surface area contributed by atoms with Gasteiger partial charge >= 0.3 is 0 Å². The van der Waals surface area contributed by atoms with Crippen LogP contribution in [0.4, 0.5) is 0 Å². The van der Waals surface area contributed by atoms with E-state index in [-0.39, 0.29) is 0 Å². The summed E-state index contributed by atoms with van der Waals surface area (Å²) in [5.41, 5.74) is 1.37. The quantitative estimate of drug-likeness (QED) is 0.688. The zero-order chi connectivity index (χ0) is 14.5. The van der Waals surface area contributed by atoms with Gasteiger partial charge in [0.15, 0.2) is 0 Å². The normalized spacial score (nSPS) is 13.6. The molecule has 2 nitrogen and oxygen atoms in total. The number of hydrogen-bond donors (Lipinski definition) is 0. The molecule has 1 rings (SSSR count). The first-order chi connectivity index (χ1) is 9.22. The summed E-state index contributed by atoms with van der Waals surface area (Å²) < 4.78 is 0. The third kappa shape index (κ3) is 9.43. The van der Waals surface area contributed by atoms with E-state index in [1.807, 2.05) is 20.8 Å². The minimum absolute atomic E-state index is 0.355. The number of ketones is 1. The van der Waals surface area contributed by atoms with Gasteiger partial charge in [0.1, 0.15) is 5.78 Å². The Hall–Kier alpha value is -1.15. The van der Waals surface area contributed by atoms with Crippen LogP contribution in [-0.4, -0.2) is 30.8 Å². The van der Waals surface area contributed by atoms with Crippen molar-refractivity contribution in [3.8, 4) is 0 Å². The maximum Gasteiger partial charge on any atom is 0.133 e. The molecular formula is C17H29NO. The Morgan fingerprint density at radius 1 is 1.26 bits per heavy atom. The van der Waals surface area contributed by atoms with Gasteiger partial charge in [-0.1, -0.05) is 51.2 Å². The first-order valence-electron chi connectivity index (χ1n) is 7.45. The van der Waals surface area contributed by atoms with Gasteiger partial charge in [0.05, 0.1) is 0 Å². The van der Waals surface area contributed by atoms with E-state index in [9.17, 15) is 4.79 Å². The Bertz CT molecular complexity index is 326. The van der Waals surface area contributed by atoms with Crippen LogP contribution in [0.2, 0.25) is 0 Å². The highest BCUT2D eigenvalue weighted by Crippen LogP contribution is 2.09. The van der Waals surface area contributed by atoms with Crippen LogP contribution in [0.1, 0.15) is 46.5 Å². The minimum atomic E-state index is 0.355. The standard InChI is InChI=1S/C15H23NO.C2H6/c1-3-15(17)11-13-16(2)12-10-14-8-6-4-5-7-9-14;1-2/h4,6-9H,3,5,10-13H2,1-2H3;1-2H3. The molecule has 1 aliphatic rings. The summed E-state index contributed by atoms with van der Waals surface area (Å²) in [6.45, 7) is 7.82. The van der Waals surface area contributed by atoms with Gasteiger partial charge in [-0.2, -0.15) is 0 Å². The van der Waals surface area contributed by atoms with Crippen LogP contribution in [0, 0.1) is 0 Å².